The second-order valence-electron chi connectivity index (χ2n) is 4.41. The van der Waals surface area contributed by atoms with Crippen molar-refractivity contribution in [3.63, 3.8) is 0 Å². The largest absolute Gasteiger partial charge is 0.465 e. The van der Waals surface area contributed by atoms with Crippen LogP contribution in [0.4, 0.5) is 0 Å². The van der Waals surface area contributed by atoms with Crippen LogP contribution in [-0.2, 0) is 9.53 Å². The number of fused-ring (bicyclic) bond motifs is 1. The van der Waals surface area contributed by atoms with Crippen LogP contribution < -0.4 is 0 Å². The second-order valence-corrected chi connectivity index (χ2v) is 4.41. The molecule has 2 fully saturated rings. The van der Waals surface area contributed by atoms with Crippen molar-refractivity contribution in [2.45, 2.75) is 19.4 Å². The van der Waals surface area contributed by atoms with Gasteiger partial charge in [0.15, 0.2) is 0 Å². The topological polar surface area (TPSA) is 66.8 Å². The monoisotopic (exact) mass is 200 g/mol. The van der Waals surface area contributed by atoms with Gasteiger partial charge in [-0.05, 0) is 18.3 Å². The molecule has 1 aliphatic carbocycles. The molecular weight excluding hydrogens is 184 g/mol. The maximum Gasteiger partial charge on any atom is 0.311 e. The Hall–Kier alpha value is -0.610. The molecule has 80 valence electrons. The summed E-state index contributed by atoms with van der Waals surface area (Å²) in [5, 5.41) is 18.8. The number of hydrogen-bond donors (Lipinski definition) is 2. The maximum atomic E-state index is 11.3. The molecule has 0 radical (unpaired) electrons. The van der Waals surface area contributed by atoms with Crippen molar-refractivity contribution >= 4 is 5.97 Å². The molecule has 0 spiro atoms. The smallest absolute Gasteiger partial charge is 0.311 e. The van der Waals surface area contributed by atoms with Gasteiger partial charge in [-0.15, -0.1) is 0 Å². The number of carbonyl (C=O) groups excluding carboxylic acids is 1. The first-order valence-electron chi connectivity index (χ1n) is 5.10. The van der Waals surface area contributed by atoms with E-state index in [0.29, 0.717) is 13.0 Å². The van der Waals surface area contributed by atoms with Crippen molar-refractivity contribution in [2.24, 2.45) is 23.7 Å². The zero-order chi connectivity index (χ0) is 10.3. The third-order valence-corrected chi connectivity index (χ3v) is 3.78. The van der Waals surface area contributed by atoms with Gasteiger partial charge >= 0.3 is 5.97 Å². The van der Waals surface area contributed by atoms with Crippen LogP contribution in [-0.4, -0.2) is 35.5 Å². The molecule has 2 N–H and O–H groups in total. The van der Waals surface area contributed by atoms with E-state index < -0.39 is 5.92 Å². The lowest BCUT2D eigenvalue weighted by Crippen LogP contribution is -2.40. The Morgan fingerprint density at radius 2 is 2.21 bits per heavy atom. The number of aliphatic hydroxyl groups is 2. The fourth-order valence-electron chi connectivity index (χ4n) is 2.75. The molecule has 4 nitrogen and oxygen atoms in total. The summed E-state index contributed by atoms with van der Waals surface area (Å²) in [5.74, 6) is -0.239. The molecule has 5 atom stereocenters. The first-order valence-corrected chi connectivity index (χ1v) is 5.10. The molecule has 0 aromatic rings. The second kappa shape index (κ2) is 3.51. The van der Waals surface area contributed by atoms with Crippen LogP contribution >= 0.6 is 0 Å². The van der Waals surface area contributed by atoms with Crippen LogP contribution in [0.1, 0.15) is 13.3 Å². The fourth-order valence-corrected chi connectivity index (χ4v) is 2.75. The summed E-state index contributed by atoms with van der Waals surface area (Å²) in [4.78, 5) is 11.3. The highest BCUT2D eigenvalue weighted by Crippen LogP contribution is 2.44. The van der Waals surface area contributed by atoms with Gasteiger partial charge in [0.1, 0.15) is 0 Å². The van der Waals surface area contributed by atoms with Gasteiger partial charge in [0.25, 0.3) is 0 Å². The predicted molar refractivity (Wildman–Crippen MR) is 48.3 cm³/mol. The Labute approximate surface area is 82.9 Å². The summed E-state index contributed by atoms with van der Waals surface area (Å²) in [6.07, 6.45) is 0.264. The highest BCUT2D eigenvalue weighted by molar-refractivity contribution is 5.73. The van der Waals surface area contributed by atoms with Crippen LogP contribution in [0.2, 0.25) is 0 Å². The lowest BCUT2D eigenvalue weighted by molar-refractivity contribution is -0.163. The van der Waals surface area contributed by atoms with E-state index in [-0.39, 0.29) is 36.4 Å². The van der Waals surface area contributed by atoms with Gasteiger partial charge in [-0.3, -0.25) is 4.79 Å². The Balaban J connectivity index is 2.17. The summed E-state index contributed by atoms with van der Waals surface area (Å²) in [6, 6.07) is 0. The molecule has 1 heterocycles. The van der Waals surface area contributed by atoms with Crippen molar-refractivity contribution in [2.75, 3.05) is 13.2 Å². The number of carbonyl (C=O) groups is 1. The molecule has 5 unspecified atom stereocenters. The van der Waals surface area contributed by atoms with E-state index in [1.807, 2.05) is 6.92 Å². The molecule has 14 heavy (non-hydrogen) atoms. The summed E-state index contributed by atoms with van der Waals surface area (Å²) in [6.45, 7) is 2.21. The van der Waals surface area contributed by atoms with Crippen LogP contribution in [0.5, 0.6) is 0 Å². The number of esters is 1. The zero-order valence-electron chi connectivity index (χ0n) is 8.22. The average molecular weight is 200 g/mol. The third-order valence-electron chi connectivity index (χ3n) is 3.78. The highest BCUT2D eigenvalue weighted by Gasteiger charge is 2.49. The van der Waals surface area contributed by atoms with Crippen molar-refractivity contribution in [1.29, 1.82) is 0 Å². The minimum absolute atomic E-state index is 0.103. The molecule has 0 amide bonds. The Bertz CT molecular complexity index is 240. The molecular formula is C10H16O4. The van der Waals surface area contributed by atoms with E-state index in [1.165, 1.54) is 0 Å². The van der Waals surface area contributed by atoms with E-state index in [0.717, 1.165) is 0 Å². The quantitative estimate of drug-likeness (QED) is 0.574. The number of cyclic esters (lactones) is 1. The lowest BCUT2D eigenvalue weighted by Gasteiger charge is -2.32. The number of hydrogen-bond acceptors (Lipinski definition) is 4. The van der Waals surface area contributed by atoms with E-state index in [2.05, 4.69) is 0 Å². The zero-order valence-corrected chi connectivity index (χ0v) is 8.22. The van der Waals surface area contributed by atoms with E-state index in [9.17, 15) is 9.90 Å². The van der Waals surface area contributed by atoms with Gasteiger partial charge in [0, 0.05) is 5.92 Å². The summed E-state index contributed by atoms with van der Waals surface area (Å²) in [7, 11) is 0. The molecule has 1 saturated carbocycles. The molecule has 1 aliphatic heterocycles. The van der Waals surface area contributed by atoms with Gasteiger partial charge in [0.05, 0.1) is 25.2 Å². The Kier molecular flexibility index (Phi) is 2.49. The minimum atomic E-state index is -0.423. The average Bonchev–Trinajstić information content (AvgIpc) is 2.43. The molecule has 2 rings (SSSR count). The summed E-state index contributed by atoms with van der Waals surface area (Å²) in [5.41, 5.74) is 0. The van der Waals surface area contributed by atoms with Gasteiger partial charge < -0.3 is 14.9 Å². The van der Waals surface area contributed by atoms with E-state index >= 15 is 0 Å². The van der Waals surface area contributed by atoms with Crippen molar-refractivity contribution in [3.8, 4) is 0 Å². The van der Waals surface area contributed by atoms with Crippen molar-refractivity contribution in [3.05, 3.63) is 0 Å². The first-order chi connectivity index (χ1) is 6.65. The molecule has 0 bridgehead atoms. The predicted octanol–water partition coefficient (Wildman–Crippen LogP) is -0.215. The van der Waals surface area contributed by atoms with Crippen LogP contribution in [0.3, 0.4) is 0 Å². The van der Waals surface area contributed by atoms with E-state index in [4.69, 9.17) is 9.84 Å². The molecule has 2 aliphatic rings. The summed E-state index contributed by atoms with van der Waals surface area (Å²) >= 11 is 0. The molecule has 4 heteroatoms. The normalized spacial score (nSPS) is 47.4. The van der Waals surface area contributed by atoms with Crippen LogP contribution in [0.25, 0.3) is 0 Å². The standard InChI is InChI=1S/C10H16O4/c1-5-8-4-14-10(13)7(3-11)6(8)2-9(5)12/h5-9,11-12H,2-4H2,1H3. The third kappa shape index (κ3) is 1.33. The van der Waals surface area contributed by atoms with E-state index in [1.54, 1.807) is 0 Å². The highest BCUT2D eigenvalue weighted by atomic mass is 16.5. The molecule has 0 aromatic carbocycles. The number of aliphatic hydroxyl groups excluding tert-OH is 2. The van der Waals surface area contributed by atoms with Crippen LogP contribution in [0.15, 0.2) is 0 Å². The fraction of sp³-hybridized carbons (Fsp3) is 0.900. The Morgan fingerprint density at radius 1 is 1.50 bits per heavy atom. The minimum Gasteiger partial charge on any atom is -0.465 e. The van der Waals surface area contributed by atoms with Gasteiger partial charge in [0.2, 0.25) is 0 Å². The van der Waals surface area contributed by atoms with Gasteiger partial charge in [-0.2, -0.15) is 0 Å². The lowest BCUT2D eigenvalue weighted by atomic mass is 9.80. The van der Waals surface area contributed by atoms with Crippen molar-refractivity contribution < 1.29 is 19.7 Å². The van der Waals surface area contributed by atoms with Crippen LogP contribution in [0, 0.1) is 23.7 Å². The Morgan fingerprint density at radius 3 is 2.86 bits per heavy atom. The number of rotatable bonds is 1. The van der Waals surface area contributed by atoms with Gasteiger partial charge in [-0.25, -0.2) is 0 Å². The molecule has 1 saturated heterocycles. The van der Waals surface area contributed by atoms with Gasteiger partial charge in [-0.1, -0.05) is 6.92 Å². The molecule has 0 aromatic heterocycles. The first kappa shape index (κ1) is 9.93. The maximum absolute atomic E-state index is 11.3. The SMILES string of the molecule is CC1C(O)CC2C(CO)C(=O)OCC12. The van der Waals surface area contributed by atoms with Crippen molar-refractivity contribution in [1.82, 2.24) is 0 Å². The number of ether oxygens (including phenoxy) is 1. The summed E-state index contributed by atoms with van der Waals surface area (Å²) < 4.78 is 5.00.